The van der Waals surface area contributed by atoms with Crippen molar-refractivity contribution < 1.29 is 41.7 Å². The van der Waals surface area contributed by atoms with Crippen LogP contribution in [0.5, 0.6) is 17.2 Å². The lowest BCUT2D eigenvalue weighted by Crippen LogP contribution is -2.47. The molecule has 0 aliphatic carbocycles. The van der Waals surface area contributed by atoms with Gasteiger partial charge in [0.25, 0.3) is 15.9 Å². The second-order valence-electron chi connectivity index (χ2n) is 13.0. The Morgan fingerprint density at radius 3 is 2.51 bits per heavy atom. The summed E-state index contributed by atoms with van der Waals surface area (Å²) in [6.07, 6.45) is 1.93. The summed E-state index contributed by atoms with van der Waals surface area (Å²) in [5.74, 6) is 0.671. The number of sulfonamides is 1. The van der Waals surface area contributed by atoms with E-state index in [2.05, 4.69) is 9.62 Å². The monoisotopic (exact) mass is 699 g/mol. The Bertz CT molecular complexity index is 1690. The molecule has 3 aromatic rings. The number of ether oxygens (including phenoxy) is 4. The molecule has 0 saturated carbocycles. The van der Waals surface area contributed by atoms with Crippen LogP contribution in [0.1, 0.15) is 56.0 Å². The van der Waals surface area contributed by atoms with Crippen molar-refractivity contribution in [2.75, 3.05) is 44.9 Å². The molecule has 0 aromatic heterocycles. The van der Waals surface area contributed by atoms with Crippen molar-refractivity contribution in [3.8, 4) is 17.2 Å². The minimum atomic E-state index is -4.08. The molecule has 0 unspecified atom stereocenters. The van der Waals surface area contributed by atoms with Gasteiger partial charge in [0, 0.05) is 37.8 Å². The van der Waals surface area contributed by atoms with E-state index in [1.54, 1.807) is 17.9 Å². The van der Waals surface area contributed by atoms with Crippen molar-refractivity contribution >= 4 is 21.6 Å². The number of carbonyl (C=O) groups is 1. The highest BCUT2D eigenvalue weighted by Gasteiger charge is 2.31. The summed E-state index contributed by atoms with van der Waals surface area (Å²) >= 11 is 0. The lowest BCUT2D eigenvalue weighted by atomic mass is 10.0. The van der Waals surface area contributed by atoms with E-state index in [1.807, 2.05) is 39.1 Å². The van der Waals surface area contributed by atoms with Crippen molar-refractivity contribution in [3.63, 3.8) is 0 Å². The molecule has 2 N–H and O–H groups in total. The van der Waals surface area contributed by atoms with Crippen LogP contribution in [0.15, 0.2) is 65.6 Å². The van der Waals surface area contributed by atoms with Crippen LogP contribution < -0.4 is 18.9 Å². The van der Waals surface area contributed by atoms with Crippen molar-refractivity contribution in [1.29, 1.82) is 0 Å². The average molecular weight is 700 g/mol. The fourth-order valence-electron chi connectivity index (χ4n) is 6.00. The summed E-state index contributed by atoms with van der Waals surface area (Å²) in [5.41, 5.74) is 1.38. The fraction of sp³-hybridized carbons (Fsp3) is 0.472. The number of benzene rings is 3. The third-order valence-corrected chi connectivity index (χ3v) is 10.2. The molecule has 49 heavy (non-hydrogen) atoms. The Kier molecular flexibility index (Phi) is 12.0. The average Bonchev–Trinajstić information content (AvgIpc) is 3.54. The number of nitrogens with zero attached hydrogens (tertiary/aromatic N) is 2. The highest BCUT2D eigenvalue weighted by atomic mass is 32.2. The number of rotatable bonds is 9. The molecule has 1 amide bonds. The minimum Gasteiger partial charge on any atom is -0.490 e. The third-order valence-electron chi connectivity index (χ3n) is 8.81. The number of hydrogen-bond acceptors (Lipinski definition) is 9. The van der Waals surface area contributed by atoms with Gasteiger partial charge in [-0.3, -0.25) is 14.4 Å². The number of halogens is 1. The van der Waals surface area contributed by atoms with Gasteiger partial charge in [-0.1, -0.05) is 13.0 Å². The molecule has 0 saturated heterocycles. The maximum atomic E-state index is 14.4. The van der Waals surface area contributed by atoms with Crippen LogP contribution in [-0.2, 0) is 21.3 Å². The van der Waals surface area contributed by atoms with E-state index in [9.17, 15) is 22.7 Å². The van der Waals surface area contributed by atoms with Crippen LogP contribution in [0, 0.1) is 11.7 Å². The molecule has 3 aromatic carbocycles. The zero-order chi connectivity index (χ0) is 35.1. The van der Waals surface area contributed by atoms with E-state index in [-0.39, 0.29) is 54.2 Å². The molecular formula is C36H46FN3O8S. The summed E-state index contributed by atoms with van der Waals surface area (Å²) in [6, 6.07) is 14.4. The number of fused-ring (bicyclic) bond motifs is 2. The number of carbonyl (C=O) groups excluding carboxylic acids is 1. The van der Waals surface area contributed by atoms with Crippen molar-refractivity contribution in [2.24, 2.45) is 5.92 Å². The quantitative estimate of drug-likeness (QED) is 0.307. The smallest absolute Gasteiger partial charge is 0.261 e. The van der Waals surface area contributed by atoms with Gasteiger partial charge in [-0.05, 0) is 100 Å². The largest absolute Gasteiger partial charge is 0.490 e. The first-order valence-corrected chi connectivity index (χ1v) is 18.1. The molecule has 0 spiro atoms. The highest BCUT2D eigenvalue weighted by Crippen LogP contribution is 2.33. The number of aliphatic hydroxyl groups is 1. The number of aliphatic hydroxyl groups excluding tert-OH is 1. The molecule has 0 radical (unpaired) electrons. The van der Waals surface area contributed by atoms with E-state index in [0.717, 1.165) is 48.5 Å². The third kappa shape index (κ3) is 9.41. The molecule has 5 rings (SSSR count). The maximum Gasteiger partial charge on any atom is 0.261 e. The van der Waals surface area contributed by atoms with E-state index in [1.165, 1.54) is 24.3 Å². The molecule has 266 valence electrons. The first-order chi connectivity index (χ1) is 23.4. The number of hydrogen-bond donors (Lipinski definition) is 2. The second-order valence-corrected chi connectivity index (χ2v) is 14.6. The molecule has 13 heteroatoms. The summed E-state index contributed by atoms with van der Waals surface area (Å²) in [7, 11) is -2.06. The lowest BCUT2D eigenvalue weighted by Gasteiger charge is -2.36. The van der Waals surface area contributed by atoms with E-state index in [4.69, 9.17) is 18.9 Å². The zero-order valence-electron chi connectivity index (χ0n) is 28.4. The Labute approximate surface area is 288 Å². The maximum absolute atomic E-state index is 14.4. The number of nitrogens with one attached hydrogen (secondary N) is 1. The summed E-state index contributed by atoms with van der Waals surface area (Å²) in [6.45, 7) is 7.72. The van der Waals surface area contributed by atoms with Crippen LogP contribution in [0.2, 0.25) is 0 Å². The van der Waals surface area contributed by atoms with Gasteiger partial charge < -0.3 is 29.0 Å². The molecule has 0 bridgehead atoms. The summed E-state index contributed by atoms with van der Waals surface area (Å²) in [4.78, 5) is 18.0. The predicted octanol–water partition coefficient (Wildman–Crippen LogP) is 5.28. The predicted molar refractivity (Wildman–Crippen MR) is 183 cm³/mol. The van der Waals surface area contributed by atoms with Gasteiger partial charge in [0.05, 0.1) is 35.3 Å². The normalized spacial score (nSPS) is 21.1. The summed E-state index contributed by atoms with van der Waals surface area (Å²) in [5, 5.41) is 10.2. The SMILES string of the molecule is C[C@@H]1CCCCO[C@@H](CN(C)Cc2ccc3c(c2)OCO3)[C@H](C)CN([C@H](C)CO)C(=O)c2cc(NS(=O)(=O)c3ccc(F)cc3)ccc2O1. The Hall–Kier alpha value is -3.91. The van der Waals surface area contributed by atoms with Gasteiger partial charge >= 0.3 is 0 Å². The minimum absolute atomic E-state index is 0.121. The highest BCUT2D eigenvalue weighted by molar-refractivity contribution is 7.92. The molecule has 4 atom stereocenters. The molecular weight excluding hydrogens is 653 g/mol. The topological polar surface area (TPSA) is 127 Å². The van der Waals surface area contributed by atoms with Gasteiger partial charge in [-0.2, -0.15) is 0 Å². The second kappa shape index (κ2) is 16.2. The van der Waals surface area contributed by atoms with Crippen LogP contribution in [0.3, 0.4) is 0 Å². The van der Waals surface area contributed by atoms with Crippen LogP contribution in [-0.4, -0.2) is 87.6 Å². The van der Waals surface area contributed by atoms with Crippen molar-refractivity contribution in [3.05, 3.63) is 77.6 Å². The summed E-state index contributed by atoms with van der Waals surface area (Å²) < 4.78 is 65.9. The van der Waals surface area contributed by atoms with Crippen LogP contribution in [0.25, 0.3) is 0 Å². The zero-order valence-corrected chi connectivity index (χ0v) is 29.2. The van der Waals surface area contributed by atoms with Crippen LogP contribution in [0.4, 0.5) is 10.1 Å². The first-order valence-electron chi connectivity index (χ1n) is 16.6. The molecule has 0 fully saturated rings. The van der Waals surface area contributed by atoms with Crippen molar-refractivity contribution in [2.45, 2.75) is 69.7 Å². The number of likely N-dealkylation sites (N-methyl/N-ethyl adjacent to an activating group) is 1. The Balaban J connectivity index is 1.40. The van der Waals surface area contributed by atoms with Gasteiger partial charge in [0.1, 0.15) is 11.6 Å². The van der Waals surface area contributed by atoms with Gasteiger partial charge in [-0.15, -0.1) is 0 Å². The molecule has 11 nitrogen and oxygen atoms in total. The standard InChI is InChI=1S/C36H46FN3O8S/c1-24-19-40(25(2)22-41)36(42)31-18-29(38-49(43,44)30-12-9-28(37)10-13-30)11-15-32(31)48-26(3)7-5-6-16-45-35(24)21-39(4)20-27-8-14-33-34(17-27)47-23-46-33/h8-15,17-18,24-26,35,38,41H,5-7,16,19-23H2,1-4H3/t24-,25-,26-,35+/m1/s1. The Morgan fingerprint density at radius 2 is 1.76 bits per heavy atom. The molecule has 2 heterocycles. The van der Waals surface area contributed by atoms with E-state index < -0.39 is 27.8 Å². The van der Waals surface area contributed by atoms with E-state index >= 15 is 0 Å². The van der Waals surface area contributed by atoms with Crippen molar-refractivity contribution in [1.82, 2.24) is 9.80 Å². The van der Waals surface area contributed by atoms with E-state index in [0.29, 0.717) is 25.4 Å². The van der Waals surface area contributed by atoms with Crippen LogP contribution >= 0.6 is 0 Å². The number of amides is 1. The lowest BCUT2D eigenvalue weighted by molar-refractivity contribution is -0.0177. The van der Waals surface area contributed by atoms with Gasteiger partial charge in [0.2, 0.25) is 6.79 Å². The number of anilines is 1. The first kappa shape index (κ1) is 36.4. The molecule has 2 aliphatic heterocycles. The fourth-order valence-corrected chi connectivity index (χ4v) is 7.05. The Morgan fingerprint density at radius 1 is 1.02 bits per heavy atom. The van der Waals surface area contributed by atoms with Gasteiger partial charge in [-0.25, -0.2) is 12.8 Å². The molecule has 2 aliphatic rings. The van der Waals surface area contributed by atoms with Gasteiger partial charge in [0.15, 0.2) is 11.5 Å².